The van der Waals surface area contributed by atoms with Crippen LogP contribution < -0.4 is 11.1 Å². The standard InChI is InChI=1S/C16H24N2O2.C12H18N2.C6H15N.C4H7BrO2.CH4/c1-2-20-16(19)12-17-11-14-6-5-7-15(10-14)13-18-8-3-4-9-18;13-9-11-4-3-5-12(8-11)10-14-6-1-2-7-14;1-4-7(5-2)6-3;1-2-7-4(6)3-5;/h5-7,10,17H,2-4,8-9,11-13H2,1H3;3-5,8H,1-2,6-7,9-10,13H2;4-6H2,1-3H3;2-3H2,1H3;1H4. The number of benzene rings is 2. The molecule has 0 spiro atoms. The largest absolute Gasteiger partial charge is 0.465 e. The van der Waals surface area contributed by atoms with E-state index in [0.717, 1.165) is 13.1 Å². The molecule has 0 unspecified atom stereocenters. The van der Waals surface area contributed by atoms with Gasteiger partial charge in [0.25, 0.3) is 0 Å². The SMILES string of the molecule is C.CCN(CC)CC.CCOC(=O)CBr.CCOC(=O)CNCc1cccc(CN2CCCC2)c1.NCc1cccc(CN2CCCC2)c1. The van der Waals surface area contributed by atoms with Gasteiger partial charge < -0.3 is 25.4 Å². The maximum Gasteiger partial charge on any atom is 0.319 e. The van der Waals surface area contributed by atoms with E-state index in [2.05, 4.69) is 110 Å². The summed E-state index contributed by atoms with van der Waals surface area (Å²) in [7, 11) is 0. The van der Waals surface area contributed by atoms with E-state index in [1.165, 1.54) is 93.8 Å². The van der Waals surface area contributed by atoms with Crippen molar-refractivity contribution in [2.45, 2.75) is 93.9 Å². The van der Waals surface area contributed by atoms with Gasteiger partial charge in [0.15, 0.2) is 0 Å². The van der Waals surface area contributed by atoms with E-state index in [1.54, 1.807) is 6.92 Å². The van der Waals surface area contributed by atoms with Crippen LogP contribution in [-0.2, 0) is 45.2 Å². The number of nitrogens with two attached hydrogens (primary N) is 1. The van der Waals surface area contributed by atoms with Crippen LogP contribution in [0.3, 0.4) is 0 Å². The van der Waals surface area contributed by atoms with Crippen molar-refractivity contribution >= 4 is 27.9 Å². The maximum atomic E-state index is 11.2. The van der Waals surface area contributed by atoms with Crippen LogP contribution in [0.1, 0.15) is 90.0 Å². The molecule has 0 saturated carbocycles. The summed E-state index contributed by atoms with van der Waals surface area (Å²) >= 11 is 2.94. The van der Waals surface area contributed by atoms with Gasteiger partial charge in [0.2, 0.25) is 0 Å². The predicted molar refractivity (Wildman–Crippen MR) is 209 cm³/mol. The number of ether oxygens (including phenoxy) is 2. The van der Waals surface area contributed by atoms with Crippen molar-refractivity contribution in [2.75, 3.05) is 70.9 Å². The summed E-state index contributed by atoms with van der Waals surface area (Å²) in [5, 5.41) is 3.41. The molecule has 10 heteroatoms. The van der Waals surface area contributed by atoms with Gasteiger partial charge in [0, 0.05) is 26.2 Å². The van der Waals surface area contributed by atoms with Crippen molar-refractivity contribution in [3.8, 4) is 0 Å². The second kappa shape index (κ2) is 30.5. The monoisotopic (exact) mass is 749 g/mol. The zero-order valence-corrected chi connectivity index (χ0v) is 32.1. The van der Waals surface area contributed by atoms with Crippen LogP contribution in [0, 0.1) is 0 Å². The number of nitrogens with zero attached hydrogens (tertiary/aromatic N) is 3. The minimum Gasteiger partial charge on any atom is -0.465 e. The Balaban J connectivity index is 0.000000690. The number of esters is 2. The van der Waals surface area contributed by atoms with Gasteiger partial charge in [-0.3, -0.25) is 19.4 Å². The molecule has 2 aromatic carbocycles. The van der Waals surface area contributed by atoms with Gasteiger partial charge >= 0.3 is 11.9 Å². The number of halogens is 1. The number of hydrogen-bond donors (Lipinski definition) is 2. The highest BCUT2D eigenvalue weighted by molar-refractivity contribution is 9.09. The minimum absolute atomic E-state index is 0. The zero-order valence-electron chi connectivity index (χ0n) is 30.5. The third-order valence-corrected chi connectivity index (χ3v) is 8.55. The quantitative estimate of drug-likeness (QED) is 0.154. The molecule has 0 bridgehead atoms. The Hall–Kier alpha value is -2.34. The molecule has 2 aliphatic rings. The van der Waals surface area contributed by atoms with E-state index < -0.39 is 0 Å². The van der Waals surface area contributed by atoms with Crippen LogP contribution >= 0.6 is 15.9 Å². The first kappa shape index (κ1) is 46.7. The topological polar surface area (TPSA) is 100 Å². The molecule has 0 amide bonds. The lowest BCUT2D eigenvalue weighted by atomic mass is 10.1. The number of carbonyl (C=O) groups excluding carboxylic acids is 2. The molecule has 9 nitrogen and oxygen atoms in total. The molecule has 49 heavy (non-hydrogen) atoms. The molecule has 2 aromatic rings. The summed E-state index contributed by atoms with van der Waals surface area (Å²) in [4.78, 5) is 28.8. The number of rotatable bonds is 15. The Labute approximate surface area is 307 Å². The smallest absolute Gasteiger partial charge is 0.319 e. The Morgan fingerprint density at radius 3 is 1.55 bits per heavy atom. The van der Waals surface area contributed by atoms with E-state index in [1.807, 2.05) is 6.92 Å². The van der Waals surface area contributed by atoms with Gasteiger partial charge in [-0.2, -0.15) is 0 Å². The molecule has 280 valence electrons. The highest BCUT2D eigenvalue weighted by Gasteiger charge is 2.12. The highest BCUT2D eigenvalue weighted by atomic mass is 79.9. The average molecular weight is 751 g/mol. The predicted octanol–water partition coefficient (Wildman–Crippen LogP) is 6.60. The Bertz CT molecular complexity index is 1100. The molecule has 0 aliphatic carbocycles. The number of likely N-dealkylation sites (tertiary alicyclic amines) is 2. The highest BCUT2D eigenvalue weighted by Crippen LogP contribution is 2.15. The van der Waals surface area contributed by atoms with Crippen LogP contribution in [0.2, 0.25) is 0 Å². The van der Waals surface area contributed by atoms with Crippen LogP contribution in [0.25, 0.3) is 0 Å². The summed E-state index contributed by atoms with van der Waals surface area (Å²) < 4.78 is 9.39. The van der Waals surface area contributed by atoms with Crippen molar-refractivity contribution in [2.24, 2.45) is 5.73 Å². The number of nitrogens with one attached hydrogen (secondary N) is 1. The third-order valence-electron chi connectivity index (χ3n) is 8.09. The van der Waals surface area contributed by atoms with Crippen molar-refractivity contribution in [1.29, 1.82) is 0 Å². The molecule has 2 aliphatic heterocycles. The maximum absolute atomic E-state index is 11.2. The molecule has 0 atom stereocenters. The third kappa shape index (κ3) is 22.9. The van der Waals surface area contributed by atoms with Gasteiger partial charge in [-0.25, -0.2) is 0 Å². The summed E-state index contributed by atoms with van der Waals surface area (Å²) in [5.41, 5.74) is 10.8. The molecule has 0 radical (unpaired) electrons. The summed E-state index contributed by atoms with van der Waals surface area (Å²) in [5.74, 6) is -0.400. The first-order chi connectivity index (χ1) is 23.3. The van der Waals surface area contributed by atoms with Gasteiger partial charge in [-0.1, -0.05) is 92.7 Å². The van der Waals surface area contributed by atoms with Crippen molar-refractivity contribution in [3.05, 3.63) is 70.8 Å². The molecule has 2 saturated heterocycles. The summed E-state index contributed by atoms with van der Waals surface area (Å²) in [6.45, 7) is 23.3. The van der Waals surface area contributed by atoms with E-state index in [4.69, 9.17) is 10.5 Å². The van der Waals surface area contributed by atoms with Gasteiger partial charge in [-0.15, -0.1) is 0 Å². The van der Waals surface area contributed by atoms with Crippen molar-refractivity contribution in [3.63, 3.8) is 0 Å². The Morgan fingerprint density at radius 2 is 1.16 bits per heavy atom. The lowest BCUT2D eigenvalue weighted by Gasteiger charge is -2.15. The van der Waals surface area contributed by atoms with E-state index in [0.29, 0.717) is 31.6 Å². The lowest BCUT2D eigenvalue weighted by molar-refractivity contribution is -0.142. The normalized spacial score (nSPS) is 14.0. The molecular weight excluding hydrogens is 682 g/mol. The molecule has 2 fully saturated rings. The fourth-order valence-electron chi connectivity index (χ4n) is 5.48. The molecular formula is C39H68BrN5O4. The second-order valence-electron chi connectivity index (χ2n) is 11.8. The summed E-state index contributed by atoms with van der Waals surface area (Å²) in [6, 6.07) is 17.2. The van der Waals surface area contributed by atoms with Gasteiger partial charge in [-0.05, 0) is 108 Å². The van der Waals surface area contributed by atoms with E-state index in [-0.39, 0.29) is 25.9 Å². The first-order valence-electron chi connectivity index (χ1n) is 17.9. The Morgan fingerprint density at radius 1 is 0.735 bits per heavy atom. The van der Waals surface area contributed by atoms with Crippen molar-refractivity contribution < 1.29 is 19.1 Å². The fraction of sp³-hybridized carbons (Fsp3) is 0.641. The summed E-state index contributed by atoms with van der Waals surface area (Å²) in [6.07, 6.45) is 5.36. The van der Waals surface area contributed by atoms with Gasteiger partial charge in [0.1, 0.15) is 5.33 Å². The molecule has 4 rings (SSSR count). The average Bonchev–Trinajstić information content (AvgIpc) is 3.82. The van der Waals surface area contributed by atoms with E-state index >= 15 is 0 Å². The molecule has 0 aromatic heterocycles. The van der Waals surface area contributed by atoms with E-state index in [9.17, 15) is 9.59 Å². The van der Waals surface area contributed by atoms with Crippen LogP contribution in [0.4, 0.5) is 0 Å². The minimum atomic E-state index is -0.206. The van der Waals surface area contributed by atoms with Crippen LogP contribution in [0.15, 0.2) is 48.5 Å². The number of hydrogen-bond acceptors (Lipinski definition) is 9. The zero-order chi connectivity index (χ0) is 35.4. The second-order valence-corrected chi connectivity index (χ2v) is 12.3. The van der Waals surface area contributed by atoms with Gasteiger partial charge in [0.05, 0.1) is 19.8 Å². The first-order valence-corrected chi connectivity index (χ1v) is 19.0. The van der Waals surface area contributed by atoms with Crippen LogP contribution in [-0.4, -0.2) is 97.5 Å². The Kier molecular flexibility index (Phi) is 29.0. The number of alkyl halides is 1. The fourth-order valence-corrected chi connectivity index (χ4v) is 5.64. The van der Waals surface area contributed by atoms with Crippen molar-refractivity contribution in [1.82, 2.24) is 20.0 Å². The molecule has 3 N–H and O–H groups in total. The number of carbonyl (C=O) groups is 2. The van der Waals surface area contributed by atoms with Crippen LogP contribution in [0.5, 0.6) is 0 Å². The lowest BCUT2D eigenvalue weighted by Crippen LogP contribution is -2.24. The molecule has 2 heterocycles.